The molecule has 130 valence electrons. The van der Waals surface area contributed by atoms with Crippen molar-refractivity contribution in [2.24, 2.45) is 0 Å². The highest BCUT2D eigenvalue weighted by Gasteiger charge is 2.17. The third kappa shape index (κ3) is 4.63. The number of carbonyl (C=O) groups is 2. The lowest BCUT2D eigenvalue weighted by Gasteiger charge is -2.20. The van der Waals surface area contributed by atoms with E-state index in [0.29, 0.717) is 17.2 Å². The summed E-state index contributed by atoms with van der Waals surface area (Å²) in [5.74, 6) is -0.568. The van der Waals surface area contributed by atoms with Crippen LogP contribution in [-0.2, 0) is 9.59 Å². The molecule has 1 heterocycles. The van der Waals surface area contributed by atoms with E-state index < -0.39 is 11.8 Å². The molecule has 1 aromatic rings. The van der Waals surface area contributed by atoms with Gasteiger partial charge in [-0.3, -0.25) is 15.0 Å². The zero-order valence-electron chi connectivity index (χ0n) is 14.1. The van der Waals surface area contributed by atoms with Crippen molar-refractivity contribution >= 4 is 17.5 Å². The average molecular weight is 335 g/mol. The normalized spacial score (nSPS) is 16.6. The summed E-state index contributed by atoms with van der Waals surface area (Å²) < 4.78 is 10.3. The summed E-state index contributed by atoms with van der Waals surface area (Å²) >= 11 is 0. The van der Waals surface area contributed by atoms with E-state index in [1.807, 2.05) is 6.08 Å². The summed E-state index contributed by atoms with van der Waals surface area (Å²) in [6, 6.07) is 4.90. The van der Waals surface area contributed by atoms with Crippen LogP contribution < -0.4 is 30.5 Å². The quantitative estimate of drug-likeness (QED) is 0.412. The molecule has 1 atom stereocenters. The molecule has 0 fully saturated rings. The molecule has 1 aromatic carbocycles. The number of methoxy groups -OCH3 is 2. The fraction of sp³-hybridized carbons (Fsp3) is 0.375. The smallest absolute Gasteiger partial charge is 0.327 e. The number of amides is 2. The van der Waals surface area contributed by atoms with E-state index in [1.54, 1.807) is 18.2 Å². The van der Waals surface area contributed by atoms with E-state index in [9.17, 15) is 9.59 Å². The Morgan fingerprint density at radius 3 is 2.58 bits per heavy atom. The predicted octanol–water partition coefficient (Wildman–Crippen LogP) is -0.935. The van der Waals surface area contributed by atoms with Gasteiger partial charge in [0.25, 0.3) is 0 Å². The molecule has 0 bridgehead atoms. The second-order valence-corrected chi connectivity index (χ2v) is 5.49. The Labute approximate surface area is 140 Å². The molecule has 0 aromatic heterocycles. The maximum absolute atomic E-state index is 12.0. The minimum Gasteiger partial charge on any atom is -0.497 e. The molecule has 24 heavy (non-hydrogen) atoms. The number of likely N-dealkylation sites (N-methyl/N-ethyl adjacent to an activating group) is 1. The first kappa shape index (κ1) is 17.6. The maximum atomic E-state index is 12.0. The van der Waals surface area contributed by atoms with Crippen LogP contribution in [0.4, 0.5) is 5.69 Å². The van der Waals surface area contributed by atoms with Gasteiger partial charge >= 0.3 is 11.8 Å². The van der Waals surface area contributed by atoms with Crippen molar-refractivity contribution in [2.75, 3.05) is 39.7 Å². The highest BCUT2D eigenvalue weighted by atomic mass is 16.5. The first-order valence-electron chi connectivity index (χ1n) is 7.63. The lowest BCUT2D eigenvalue weighted by molar-refractivity contribution is -0.875. The fourth-order valence-electron chi connectivity index (χ4n) is 2.24. The van der Waals surface area contributed by atoms with Gasteiger partial charge in [0.2, 0.25) is 0 Å². The molecule has 0 radical (unpaired) electrons. The summed E-state index contributed by atoms with van der Waals surface area (Å²) in [6.45, 7) is 1.86. The van der Waals surface area contributed by atoms with E-state index in [4.69, 9.17) is 9.47 Å². The molecule has 0 saturated carbocycles. The van der Waals surface area contributed by atoms with Crippen LogP contribution in [0, 0.1) is 0 Å². The van der Waals surface area contributed by atoms with Gasteiger partial charge in [-0.15, -0.1) is 0 Å². The Balaban J connectivity index is 1.91. The van der Waals surface area contributed by atoms with Crippen molar-refractivity contribution in [1.82, 2.24) is 10.9 Å². The molecule has 8 heteroatoms. The van der Waals surface area contributed by atoms with Crippen molar-refractivity contribution < 1.29 is 24.0 Å². The minimum atomic E-state index is -0.787. The second-order valence-electron chi connectivity index (χ2n) is 5.49. The number of hydrogen-bond acceptors (Lipinski definition) is 5. The highest BCUT2D eigenvalue weighted by molar-refractivity contribution is 6.39. The van der Waals surface area contributed by atoms with E-state index in [-0.39, 0.29) is 0 Å². The van der Waals surface area contributed by atoms with Crippen LogP contribution in [0.15, 0.2) is 30.0 Å². The molecule has 0 spiro atoms. The monoisotopic (exact) mass is 335 g/mol. The summed E-state index contributed by atoms with van der Waals surface area (Å²) in [7, 11) is 5.10. The molecule has 0 aliphatic carbocycles. The lowest BCUT2D eigenvalue weighted by Crippen LogP contribution is -3.09. The van der Waals surface area contributed by atoms with Gasteiger partial charge in [0, 0.05) is 18.2 Å². The number of nitrogens with one attached hydrogen (secondary N) is 4. The summed E-state index contributed by atoms with van der Waals surface area (Å²) in [6.07, 6.45) is 2.82. The minimum absolute atomic E-state index is 0.389. The fourth-order valence-corrected chi connectivity index (χ4v) is 2.24. The lowest BCUT2D eigenvalue weighted by atomic mass is 10.2. The molecule has 2 rings (SSSR count). The third-order valence-electron chi connectivity index (χ3n) is 3.72. The van der Waals surface area contributed by atoms with Crippen molar-refractivity contribution in [3.63, 3.8) is 0 Å². The Hall–Kier alpha value is -2.74. The Morgan fingerprint density at radius 2 is 1.96 bits per heavy atom. The van der Waals surface area contributed by atoms with Crippen LogP contribution in [0.5, 0.6) is 11.5 Å². The molecule has 1 unspecified atom stereocenters. The molecule has 1 aliphatic rings. The van der Waals surface area contributed by atoms with Gasteiger partial charge < -0.3 is 25.1 Å². The first-order valence-corrected chi connectivity index (χ1v) is 7.63. The van der Waals surface area contributed by atoms with E-state index in [0.717, 1.165) is 25.2 Å². The van der Waals surface area contributed by atoms with Gasteiger partial charge in [0.1, 0.15) is 11.5 Å². The number of hydrogen-bond donors (Lipinski definition) is 4. The van der Waals surface area contributed by atoms with Gasteiger partial charge in [-0.25, -0.2) is 0 Å². The maximum Gasteiger partial charge on any atom is 0.327 e. The standard InChI is InChI=1S/C16H22N4O4/c1-20-8-6-11(7-9-20)18-19-16(22)15(21)17-13-5-4-12(23-2)10-14(13)24-3/h4-6,10,18H,7-9H2,1-3H3,(H,17,21)(H,19,22)/p+1. The van der Waals surface area contributed by atoms with E-state index in [1.165, 1.54) is 19.1 Å². The van der Waals surface area contributed by atoms with Crippen molar-refractivity contribution in [3.8, 4) is 11.5 Å². The summed E-state index contributed by atoms with van der Waals surface area (Å²) in [5, 5.41) is 2.51. The average Bonchev–Trinajstić information content (AvgIpc) is 2.61. The zero-order valence-corrected chi connectivity index (χ0v) is 14.1. The van der Waals surface area contributed by atoms with Crippen LogP contribution in [0.1, 0.15) is 6.42 Å². The Kier molecular flexibility index (Phi) is 6.02. The second kappa shape index (κ2) is 8.21. The SMILES string of the molecule is COc1ccc(NC(=O)C(=O)NNC2=CC[NH+](C)CC2)c(OC)c1. The predicted molar refractivity (Wildman–Crippen MR) is 88.8 cm³/mol. The van der Waals surface area contributed by atoms with Crippen molar-refractivity contribution in [1.29, 1.82) is 0 Å². The van der Waals surface area contributed by atoms with Crippen LogP contribution in [-0.4, -0.2) is 46.2 Å². The van der Waals surface area contributed by atoms with Gasteiger partial charge in [-0.1, -0.05) is 0 Å². The molecule has 1 aliphatic heterocycles. The third-order valence-corrected chi connectivity index (χ3v) is 3.72. The van der Waals surface area contributed by atoms with E-state index in [2.05, 4.69) is 23.2 Å². The molecule has 2 amide bonds. The molecule has 0 saturated heterocycles. The van der Waals surface area contributed by atoms with Crippen LogP contribution in [0.2, 0.25) is 0 Å². The summed E-state index contributed by atoms with van der Waals surface area (Å²) in [5.41, 5.74) is 6.49. The number of carbonyl (C=O) groups excluding carboxylic acids is 2. The number of anilines is 1. The summed E-state index contributed by atoms with van der Waals surface area (Å²) in [4.78, 5) is 25.3. The topological polar surface area (TPSA) is 93.1 Å². The Bertz CT molecular complexity index is 645. The van der Waals surface area contributed by atoms with Gasteiger partial charge in [0.15, 0.2) is 0 Å². The van der Waals surface area contributed by atoms with E-state index >= 15 is 0 Å². The first-order chi connectivity index (χ1) is 11.5. The largest absolute Gasteiger partial charge is 0.497 e. The van der Waals surface area contributed by atoms with Crippen molar-refractivity contribution in [2.45, 2.75) is 6.42 Å². The number of benzene rings is 1. The van der Waals surface area contributed by atoms with Crippen LogP contribution in [0.3, 0.4) is 0 Å². The number of ether oxygens (including phenoxy) is 2. The molecular weight excluding hydrogens is 312 g/mol. The number of quaternary nitrogens is 1. The van der Waals surface area contributed by atoms with Gasteiger partial charge in [-0.2, -0.15) is 0 Å². The molecular formula is C16H23N4O4+. The Morgan fingerprint density at radius 1 is 1.17 bits per heavy atom. The number of hydrazine groups is 1. The van der Waals surface area contributed by atoms with Crippen LogP contribution in [0.25, 0.3) is 0 Å². The zero-order chi connectivity index (χ0) is 17.5. The van der Waals surface area contributed by atoms with Crippen LogP contribution >= 0.6 is 0 Å². The van der Waals surface area contributed by atoms with Gasteiger partial charge in [-0.05, 0) is 18.2 Å². The molecule has 4 N–H and O–H groups in total. The highest BCUT2D eigenvalue weighted by Crippen LogP contribution is 2.28. The number of rotatable bonds is 5. The van der Waals surface area contributed by atoms with Gasteiger partial charge in [0.05, 0.1) is 40.0 Å². The van der Waals surface area contributed by atoms with Crippen molar-refractivity contribution in [3.05, 3.63) is 30.0 Å². The molecule has 8 nitrogen and oxygen atoms in total.